The summed E-state index contributed by atoms with van der Waals surface area (Å²) in [6.07, 6.45) is -0.856. The van der Waals surface area contributed by atoms with Crippen LogP contribution in [0.5, 0.6) is 0 Å². The molecule has 298 valence electrons. The Balaban J connectivity index is 1.09. The number of benzene rings is 6. The molecule has 0 fully saturated rings. The number of amidine groups is 4. The zero-order valence-corrected chi connectivity index (χ0v) is 34.9. The van der Waals surface area contributed by atoms with Crippen molar-refractivity contribution < 1.29 is 13.7 Å². The van der Waals surface area contributed by atoms with Crippen LogP contribution in [0.1, 0.15) is 79.1 Å². The summed E-state index contributed by atoms with van der Waals surface area (Å²) in [4.78, 5) is 20.2. The molecular formula is C48H40N6O3S3. The van der Waals surface area contributed by atoms with Crippen LogP contribution in [0.4, 0.5) is 0 Å². The molecule has 6 aromatic carbocycles. The Hall–Kier alpha value is -5.47. The maximum Gasteiger partial charge on any atom is 0.159 e. The van der Waals surface area contributed by atoms with Gasteiger partial charge < -0.3 is 24.3 Å². The lowest BCUT2D eigenvalue weighted by atomic mass is 10.1. The third-order valence-corrected chi connectivity index (χ3v) is 14.9. The van der Waals surface area contributed by atoms with Crippen LogP contribution < -0.4 is 10.6 Å². The Kier molecular flexibility index (Phi) is 10.9. The lowest BCUT2D eigenvalue weighted by Crippen LogP contribution is -2.33. The van der Waals surface area contributed by atoms with E-state index in [1.807, 2.05) is 146 Å². The molecule has 18 bridgehead atoms. The minimum Gasteiger partial charge on any atom is -0.616 e. The predicted octanol–water partition coefficient (Wildman–Crippen LogP) is 7.65. The summed E-state index contributed by atoms with van der Waals surface area (Å²) in [6.45, 7) is 0. The molecule has 6 aromatic rings. The fourth-order valence-electron chi connectivity index (χ4n) is 7.67. The van der Waals surface area contributed by atoms with Gasteiger partial charge in [-0.15, -0.1) is 0 Å². The molecule has 0 saturated heterocycles. The zero-order valence-electron chi connectivity index (χ0n) is 32.5. The molecule has 60 heavy (non-hydrogen) atoms. The first kappa shape index (κ1) is 38.7. The van der Waals surface area contributed by atoms with Crippen molar-refractivity contribution in [2.75, 3.05) is 0 Å². The topological polar surface area (TPSA) is 143 Å². The van der Waals surface area contributed by atoms with E-state index in [0.29, 0.717) is 57.9 Å². The van der Waals surface area contributed by atoms with E-state index in [-0.39, 0.29) is 0 Å². The SMILES string of the molecule is [O-][S+]1Cc2ccc(cc2)C2=N[C@@H]3NC(=N2)c2ccc(cc2)C[S+]([O-])Cc2ccc(cc2)C2=NC(=N[C@@H](N2)c2ccc(cc2)C[S+]([O-])Cc2ccc3cc2)c2ccc(cc2)C1. The van der Waals surface area contributed by atoms with Gasteiger partial charge >= 0.3 is 0 Å². The molecular weight excluding hydrogens is 805 g/mol. The summed E-state index contributed by atoms with van der Waals surface area (Å²) in [5, 5.41) is 7.10. The van der Waals surface area contributed by atoms with Gasteiger partial charge in [0.25, 0.3) is 0 Å². The van der Waals surface area contributed by atoms with E-state index in [1.165, 1.54) is 0 Å². The minimum atomic E-state index is -1.15. The molecule has 2 N–H and O–H groups in total. The highest BCUT2D eigenvalue weighted by atomic mass is 32.2. The van der Waals surface area contributed by atoms with Crippen LogP contribution in [-0.2, 0) is 68.0 Å². The fourth-order valence-corrected chi connectivity index (χ4v) is 11.4. The van der Waals surface area contributed by atoms with Crippen LogP contribution in [0.15, 0.2) is 166 Å². The molecule has 9 nitrogen and oxygen atoms in total. The molecule has 0 aliphatic carbocycles. The van der Waals surface area contributed by atoms with Crippen LogP contribution in [0.25, 0.3) is 0 Å². The van der Waals surface area contributed by atoms with Crippen molar-refractivity contribution in [3.63, 3.8) is 0 Å². The van der Waals surface area contributed by atoms with Crippen molar-refractivity contribution in [3.8, 4) is 0 Å². The normalized spacial score (nSPS) is 22.4. The van der Waals surface area contributed by atoms with Crippen LogP contribution in [0.2, 0.25) is 0 Å². The number of hydrogen-bond acceptors (Lipinski definition) is 9. The van der Waals surface area contributed by atoms with Gasteiger partial charge in [0.1, 0.15) is 58.5 Å². The van der Waals surface area contributed by atoms with Gasteiger partial charge in [-0.1, -0.05) is 146 Å². The molecule has 0 aromatic heterocycles. The van der Waals surface area contributed by atoms with Crippen molar-refractivity contribution in [2.45, 2.75) is 46.8 Å². The quantitative estimate of drug-likeness (QED) is 0.151. The van der Waals surface area contributed by atoms with E-state index in [1.54, 1.807) is 0 Å². The Morgan fingerprint density at radius 2 is 0.600 bits per heavy atom. The van der Waals surface area contributed by atoms with Crippen LogP contribution >= 0.6 is 0 Å². The van der Waals surface area contributed by atoms with Gasteiger partial charge in [0.05, 0.1) is 0 Å². The average Bonchev–Trinajstić information content (AvgIpc) is 3.27. The van der Waals surface area contributed by atoms with Crippen molar-refractivity contribution in [1.82, 2.24) is 10.6 Å². The maximum atomic E-state index is 13.5. The van der Waals surface area contributed by atoms with E-state index in [9.17, 15) is 13.7 Å². The van der Waals surface area contributed by atoms with Crippen molar-refractivity contribution in [1.29, 1.82) is 0 Å². The number of nitrogens with zero attached hydrogens (tertiary/aromatic N) is 4. The van der Waals surface area contributed by atoms with Gasteiger partial charge in [0.2, 0.25) is 0 Å². The standard InChI is InChI=1S/C48H40N6O3S3/c55-58-25-31-1-13-37(14-2-31)43-49-44-38-17-5-33(6-18-38)27-59(56)29-35-9-21-41(22-10-35)47-52-46(40-15-3-32(26-58)4-16-40)53-48(54-47)42-23-11-36(12-24-42)30-60(57)28-34-7-19-39(20-8-34)45(50-43)51-44/h1-24,43,46H,25-30H2,(H,49,50,51)(H,52,53,54)/t43-,46+,58?,59?,60?. The summed E-state index contributed by atoms with van der Waals surface area (Å²) in [6, 6.07) is 48.3. The van der Waals surface area contributed by atoms with E-state index in [4.69, 9.17) is 20.0 Å². The third-order valence-electron chi connectivity index (χ3n) is 10.9. The highest BCUT2D eigenvalue weighted by Gasteiger charge is 2.25. The van der Waals surface area contributed by atoms with Crippen LogP contribution in [-0.4, -0.2) is 37.0 Å². The fraction of sp³-hybridized carbons (Fsp3) is 0.167. The first-order chi connectivity index (χ1) is 29.3. The predicted molar refractivity (Wildman–Crippen MR) is 243 cm³/mol. The number of nitrogens with one attached hydrogen (secondary N) is 2. The largest absolute Gasteiger partial charge is 0.616 e. The number of rotatable bonds is 0. The van der Waals surface area contributed by atoms with Gasteiger partial charge in [-0.05, 0) is 44.7 Å². The maximum absolute atomic E-state index is 13.5. The highest BCUT2D eigenvalue weighted by Crippen LogP contribution is 2.27. The Morgan fingerprint density at radius 1 is 0.350 bits per heavy atom. The average molecular weight is 845 g/mol. The molecule has 23 aliphatic rings. The highest BCUT2D eigenvalue weighted by molar-refractivity contribution is 7.90. The van der Waals surface area contributed by atoms with Gasteiger partial charge in [-0.25, -0.2) is 20.0 Å². The molecule has 0 amide bonds. The van der Waals surface area contributed by atoms with Crippen LogP contribution in [0, 0.1) is 0 Å². The van der Waals surface area contributed by atoms with Gasteiger partial charge in [0, 0.05) is 55.6 Å². The smallest absolute Gasteiger partial charge is 0.159 e. The Morgan fingerprint density at radius 3 is 0.883 bits per heavy atom. The molecule has 12 heteroatoms. The summed E-state index contributed by atoms with van der Waals surface area (Å²) >= 11 is -3.42. The molecule has 29 rings (SSSR count). The second kappa shape index (κ2) is 16.9. The first-order valence-electron chi connectivity index (χ1n) is 19.8. The molecule has 0 saturated carbocycles. The minimum absolute atomic E-state index is 0.409. The van der Waals surface area contributed by atoms with E-state index in [0.717, 1.165) is 66.8 Å². The van der Waals surface area contributed by atoms with E-state index >= 15 is 0 Å². The van der Waals surface area contributed by atoms with Crippen molar-refractivity contribution in [2.24, 2.45) is 20.0 Å². The second-order valence-electron chi connectivity index (χ2n) is 15.4. The Labute approximate surface area is 358 Å². The van der Waals surface area contributed by atoms with E-state index < -0.39 is 45.9 Å². The van der Waals surface area contributed by atoms with Crippen molar-refractivity contribution in [3.05, 3.63) is 212 Å². The van der Waals surface area contributed by atoms with Crippen LogP contribution in [0.3, 0.4) is 0 Å². The monoisotopic (exact) mass is 844 g/mol. The molecule has 0 spiro atoms. The Bertz CT molecular complexity index is 2450. The molecule has 3 unspecified atom stereocenters. The van der Waals surface area contributed by atoms with Crippen molar-refractivity contribution >= 4 is 56.9 Å². The van der Waals surface area contributed by atoms with Gasteiger partial charge in [0.15, 0.2) is 11.7 Å². The first-order valence-corrected chi connectivity index (χ1v) is 24.3. The van der Waals surface area contributed by atoms with Gasteiger partial charge in [-0.3, -0.25) is 0 Å². The zero-order chi connectivity index (χ0) is 40.6. The summed E-state index contributed by atoms with van der Waals surface area (Å²) in [7, 11) is 0. The molecule has 23 heterocycles. The second-order valence-corrected chi connectivity index (χ2v) is 19.7. The van der Waals surface area contributed by atoms with E-state index in [2.05, 4.69) is 10.6 Å². The molecule has 5 atom stereocenters. The molecule has 23 aliphatic heterocycles. The summed E-state index contributed by atoms with van der Waals surface area (Å²) in [5.41, 5.74) is 11.2. The summed E-state index contributed by atoms with van der Waals surface area (Å²) in [5.74, 6) is 5.00. The lowest BCUT2D eigenvalue weighted by molar-refractivity contribution is 0.592. The lowest BCUT2D eigenvalue weighted by Gasteiger charge is -2.24. The van der Waals surface area contributed by atoms with Gasteiger partial charge in [-0.2, -0.15) is 0 Å². The summed E-state index contributed by atoms with van der Waals surface area (Å²) < 4.78 is 40.5. The number of hydrogen-bond donors (Lipinski definition) is 2. The third kappa shape index (κ3) is 8.71. The number of aliphatic imine (C=N–C) groups is 4. The molecule has 0 radical (unpaired) electrons.